The number of aliphatic hydroxyl groups is 1. The van der Waals surface area contributed by atoms with Crippen molar-refractivity contribution in [2.45, 2.75) is 103 Å². The van der Waals surface area contributed by atoms with Crippen molar-refractivity contribution in [2.24, 2.45) is 0 Å². The van der Waals surface area contributed by atoms with E-state index in [9.17, 15) is 24.3 Å². The van der Waals surface area contributed by atoms with Crippen molar-refractivity contribution in [1.82, 2.24) is 0 Å². The first-order valence-electron chi connectivity index (χ1n) is 15.0. The zero-order valence-corrected chi connectivity index (χ0v) is 26.5. The Morgan fingerprint density at radius 1 is 0.844 bits per heavy atom. The SMILES string of the molecule is CC(=O)OC[C@H]1O[C@](O)(c2ccc(Cl)c(Cc3ccc(OC4CCCCC4)cc3)c2)[C@H](OC(C)=O)[C@@H](OC(C)=O)[C@@H]1OC(C)=O. The van der Waals surface area contributed by atoms with Crippen molar-refractivity contribution < 1.29 is 52.7 Å². The van der Waals surface area contributed by atoms with E-state index in [1.165, 1.54) is 32.3 Å². The summed E-state index contributed by atoms with van der Waals surface area (Å²) in [6.45, 7) is 4.02. The highest BCUT2D eigenvalue weighted by atomic mass is 35.5. The number of rotatable bonds is 10. The van der Waals surface area contributed by atoms with Crippen molar-refractivity contribution in [3.8, 4) is 5.75 Å². The summed E-state index contributed by atoms with van der Waals surface area (Å²) in [5, 5.41) is 12.6. The van der Waals surface area contributed by atoms with Gasteiger partial charge in [0, 0.05) is 38.3 Å². The van der Waals surface area contributed by atoms with Crippen LogP contribution in [0.4, 0.5) is 0 Å². The molecule has 12 heteroatoms. The van der Waals surface area contributed by atoms with Gasteiger partial charge in [-0.05, 0) is 67.5 Å². The number of carbonyl (C=O) groups excluding carboxylic acids is 4. The van der Waals surface area contributed by atoms with E-state index in [1.807, 2.05) is 24.3 Å². The van der Waals surface area contributed by atoms with Crippen LogP contribution in [0, 0.1) is 0 Å². The van der Waals surface area contributed by atoms with Crippen LogP contribution in [-0.2, 0) is 55.1 Å². The van der Waals surface area contributed by atoms with E-state index in [0.29, 0.717) is 17.0 Å². The van der Waals surface area contributed by atoms with Gasteiger partial charge >= 0.3 is 23.9 Å². The lowest BCUT2D eigenvalue weighted by molar-refractivity contribution is -0.360. The monoisotopic (exact) mass is 646 g/mol. The highest BCUT2D eigenvalue weighted by Crippen LogP contribution is 2.42. The quantitative estimate of drug-likeness (QED) is 0.287. The van der Waals surface area contributed by atoms with Gasteiger partial charge in [-0.3, -0.25) is 19.2 Å². The molecule has 2 aromatic carbocycles. The van der Waals surface area contributed by atoms with Crippen molar-refractivity contribution in [1.29, 1.82) is 0 Å². The molecule has 1 aliphatic carbocycles. The van der Waals surface area contributed by atoms with Crippen molar-refractivity contribution in [2.75, 3.05) is 6.61 Å². The van der Waals surface area contributed by atoms with Gasteiger partial charge in [0.15, 0.2) is 12.2 Å². The van der Waals surface area contributed by atoms with E-state index in [1.54, 1.807) is 12.1 Å². The topological polar surface area (TPSA) is 144 Å². The molecule has 45 heavy (non-hydrogen) atoms. The second-order valence-corrected chi connectivity index (χ2v) is 11.7. The summed E-state index contributed by atoms with van der Waals surface area (Å²) in [7, 11) is 0. The average molecular weight is 647 g/mol. The summed E-state index contributed by atoms with van der Waals surface area (Å²) in [6.07, 6.45) is 0.299. The molecule has 1 N–H and O–H groups in total. The van der Waals surface area contributed by atoms with Gasteiger partial charge in [0.25, 0.3) is 0 Å². The van der Waals surface area contributed by atoms with Crippen LogP contribution in [0.5, 0.6) is 5.75 Å². The van der Waals surface area contributed by atoms with Gasteiger partial charge in [0.1, 0.15) is 18.5 Å². The minimum Gasteiger partial charge on any atom is -0.490 e. The lowest BCUT2D eigenvalue weighted by atomic mass is 9.86. The summed E-state index contributed by atoms with van der Waals surface area (Å²) in [5.41, 5.74) is 1.63. The van der Waals surface area contributed by atoms with Gasteiger partial charge in [-0.25, -0.2) is 0 Å². The Bertz CT molecular complexity index is 1370. The number of esters is 4. The molecule has 1 aliphatic heterocycles. The Kier molecular flexibility index (Phi) is 11.5. The second-order valence-electron chi connectivity index (χ2n) is 11.3. The molecule has 0 aromatic heterocycles. The standard InChI is InChI=1S/C33H39ClO11/c1-19(35)40-18-29-30(41-20(2)36)31(42-21(3)37)32(43-22(4)38)33(39,45-29)25-12-15-28(34)24(17-25)16-23-10-13-27(14-11-23)44-26-8-6-5-7-9-26/h10-15,17,26,29-32,39H,5-9,16,18H2,1-4H3/t29-,30-,31+,32-,33-/m1/s1. The molecular weight excluding hydrogens is 608 g/mol. The zero-order chi connectivity index (χ0) is 32.7. The first-order chi connectivity index (χ1) is 21.4. The molecule has 2 aromatic rings. The Morgan fingerprint density at radius 2 is 1.47 bits per heavy atom. The number of benzene rings is 2. The summed E-state index contributed by atoms with van der Waals surface area (Å²) >= 11 is 6.59. The maximum absolute atomic E-state index is 12.3. The Hall–Kier alpha value is -3.67. The van der Waals surface area contributed by atoms with Crippen molar-refractivity contribution >= 4 is 35.5 Å². The third kappa shape index (κ3) is 8.96. The smallest absolute Gasteiger partial charge is 0.303 e. The number of hydrogen-bond acceptors (Lipinski definition) is 11. The van der Waals surface area contributed by atoms with E-state index < -0.39 is 60.7 Å². The molecule has 1 saturated heterocycles. The van der Waals surface area contributed by atoms with Gasteiger partial charge in [0.05, 0.1) is 6.10 Å². The van der Waals surface area contributed by atoms with Gasteiger partial charge in [0.2, 0.25) is 11.9 Å². The molecule has 1 heterocycles. The van der Waals surface area contributed by atoms with Crippen LogP contribution in [0.2, 0.25) is 5.02 Å². The summed E-state index contributed by atoms with van der Waals surface area (Å²) in [6, 6.07) is 12.3. The van der Waals surface area contributed by atoms with E-state index in [4.69, 9.17) is 40.0 Å². The molecular formula is C33H39ClO11. The van der Waals surface area contributed by atoms with Gasteiger partial charge in [-0.15, -0.1) is 0 Å². The molecule has 11 nitrogen and oxygen atoms in total. The van der Waals surface area contributed by atoms with Crippen LogP contribution in [-0.4, -0.2) is 66.1 Å². The first kappa shape index (κ1) is 34.2. The molecule has 0 spiro atoms. The van der Waals surface area contributed by atoms with Crippen LogP contribution in [0.1, 0.15) is 76.5 Å². The number of carbonyl (C=O) groups is 4. The van der Waals surface area contributed by atoms with E-state index in [0.717, 1.165) is 44.9 Å². The molecule has 5 atom stereocenters. The number of ether oxygens (including phenoxy) is 6. The Balaban J connectivity index is 1.68. The summed E-state index contributed by atoms with van der Waals surface area (Å²) < 4.78 is 33.7. The zero-order valence-electron chi connectivity index (χ0n) is 25.8. The highest BCUT2D eigenvalue weighted by Gasteiger charge is 2.60. The van der Waals surface area contributed by atoms with E-state index >= 15 is 0 Å². The number of halogens is 1. The molecule has 4 rings (SSSR count). The van der Waals surface area contributed by atoms with E-state index in [-0.39, 0.29) is 11.7 Å². The van der Waals surface area contributed by atoms with Crippen molar-refractivity contribution in [3.63, 3.8) is 0 Å². The average Bonchev–Trinajstić information content (AvgIpc) is 2.97. The summed E-state index contributed by atoms with van der Waals surface area (Å²) in [5.74, 6) is -4.74. The molecule has 0 radical (unpaired) electrons. The largest absolute Gasteiger partial charge is 0.490 e. The third-order valence-electron chi connectivity index (χ3n) is 7.69. The van der Waals surface area contributed by atoms with Gasteiger partial charge < -0.3 is 33.5 Å². The maximum Gasteiger partial charge on any atom is 0.303 e. The fraction of sp³-hybridized carbons (Fsp3) is 0.515. The van der Waals surface area contributed by atoms with Crippen LogP contribution < -0.4 is 4.74 Å². The van der Waals surface area contributed by atoms with Crippen LogP contribution in [0.3, 0.4) is 0 Å². The number of hydrogen-bond donors (Lipinski definition) is 1. The molecule has 0 bridgehead atoms. The predicted molar refractivity (Wildman–Crippen MR) is 160 cm³/mol. The summed E-state index contributed by atoms with van der Waals surface area (Å²) in [4.78, 5) is 48.2. The first-order valence-corrected chi connectivity index (χ1v) is 15.3. The molecule has 1 saturated carbocycles. The second kappa shape index (κ2) is 15.1. The molecule has 0 amide bonds. The maximum atomic E-state index is 12.3. The van der Waals surface area contributed by atoms with Crippen LogP contribution >= 0.6 is 11.6 Å². The molecule has 2 fully saturated rings. The lowest BCUT2D eigenvalue weighted by Gasteiger charge is -2.48. The highest BCUT2D eigenvalue weighted by molar-refractivity contribution is 6.31. The lowest BCUT2D eigenvalue weighted by Crippen LogP contribution is -2.66. The Labute approximate surface area is 267 Å². The predicted octanol–water partition coefficient (Wildman–Crippen LogP) is 4.54. The normalized spacial score (nSPS) is 25.1. The van der Waals surface area contributed by atoms with Gasteiger partial charge in [-0.2, -0.15) is 0 Å². The minimum atomic E-state index is -2.45. The van der Waals surface area contributed by atoms with E-state index in [2.05, 4.69) is 0 Å². The third-order valence-corrected chi connectivity index (χ3v) is 8.05. The molecule has 0 unspecified atom stereocenters. The minimum absolute atomic E-state index is 0.108. The fourth-order valence-electron chi connectivity index (χ4n) is 5.73. The molecule has 2 aliphatic rings. The van der Waals surface area contributed by atoms with Crippen LogP contribution in [0.15, 0.2) is 42.5 Å². The van der Waals surface area contributed by atoms with Crippen molar-refractivity contribution in [3.05, 3.63) is 64.2 Å². The Morgan fingerprint density at radius 3 is 2.07 bits per heavy atom. The fourth-order valence-corrected chi connectivity index (χ4v) is 5.91. The van der Waals surface area contributed by atoms with Gasteiger partial charge in [-0.1, -0.05) is 36.2 Å². The van der Waals surface area contributed by atoms with Crippen LogP contribution in [0.25, 0.3) is 0 Å². The molecule has 244 valence electrons.